The van der Waals surface area contributed by atoms with Gasteiger partial charge in [-0.25, -0.2) is 4.98 Å². The fraction of sp³-hybridized carbons (Fsp3) is 0.308. The number of halogens is 1. The lowest BCUT2D eigenvalue weighted by molar-refractivity contribution is 0.0722. The quantitative estimate of drug-likeness (QED) is 0.499. The Balaban J connectivity index is 2.26. The van der Waals surface area contributed by atoms with Crippen molar-refractivity contribution in [1.29, 1.82) is 0 Å². The fourth-order valence-electron chi connectivity index (χ4n) is 1.99. The predicted molar refractivity (Wildman–Crippen MR) is 77.9 cm³/mol. The van der Waals surface area contributed by atoms with Gasteiger partial charge in [-0.15, -0.1) is 0 Å². The number of alkyl halides is 1. The molecular weight excluding hydrogens is 295 g/mol. The van der Waals surface area contributed by atoms with E-state index in [1.165, 1.54) is 18.4 Å². The summed E-state index contributed by atoms with van der Waals surface area (Å²) in [5.41, 5.74) is 10.1. The molecule has 0 spiro atoms. The monoisotopic (exact) mass is 308 g/mol. The van der Waals surface area contributed by atoms with Gasteiger partial charge in [0.2, 0.25) is 0 Å². The largest absolute Gasteiger partial charge is 0.486 e. The number of benzene rings is 1. The second-order valence-electron chi connectivity index (χ2n) is 4.21. The second kappa shape index (κ2) is 7.03. The highest BCUT2D eigenvalue weighted by atomic mass is 32.1. The lowest BCUT2D eigenvalue weighted by atomic mass is 10.0. The molecule has 0 saturated carbocycles. The number of methoxy groups -OCH3 is 1. The Labute approximate surface area is 124 Å². The summed E-state index contributed by atoms with van der Waals surface area (Å²) in [4.78, 5) is 7.24. The van der Waals surface area contributed by atoms with Crippen LogP contribution in [0.3, 0.4) is 0 Å². The molecule has 0 fully saturated rings. The predicted octanol–water partition coefficient (Wildman–Crippen LogP) is 3.85. The van der Waals surface area contributed by atoms with Crippen LogP contribution in [0.5, 0.6) is 5.19 Å². The summed E-state index contributed by atoms with van der Waals surface area (Å²) < 4.78 is 18.2. The van der Waals surface area contributed by atoms with Crippen LogP contribution in [0.15, 0.2) is 35.6 Å². The van der Waals surface area contributed by atoms with Crippen molar-refractivity contribution in [2.45, 2.75) is 12.1 Å². The highest BCUT2D eigenvalue weighted by Crippen LogP contribution is 2.31. The van der Waals surface area contributed by atoms with Crippen molar-refractivity contribution >= 4 is 11.3 Å². The Morgan fingerprint density at radius 1 is 1.48 bits per heavy atom. The van der Waals surface area contributed by atoms with E-state index in [0.717, 1.165) is 10.4 Å². The second-order valence-corrected chi connectivity index (χ2v) is 5.22. The molecule has 0 unspecified atom stereocenters. The van der Waals surface area contributed by atoms with Gasteiger partial charge in [0.1, 0.15) is 6.67 Å². The average molecular weight is 308 g/mol. The van der Waals surface area contributed by atoms with E-state index in [-0.39, 0.29) is 5.19 Å². The van der Waals surface area contributed by atoms with Gasteiger partial charge >= 0.3 is 0 Å². The molecule has 0 aliphatic carbocycles. The van der Waals surface area contributed by atoms with Crippen molar-refractivity contribution in [3.63, 3.8) is 0 Å². The third-order valence-electron chi connectivity index (χ3n) is 2.98. The zero-order valence-corrected chi connectivity index (χ0v) is 12.0. The van der Waals surface area contributed by atoms with E-state index in [1.807, 2.05) is 12.1 Å². The summed E-state index contributed by atoms with van der Waals surface area (Å²) in [6, 6.07) is 6.28. The number of thiazole rings is 1. The van der Waals surface area contributed by atoms with Crippen molar-refractivity contribution in [2.24, 2.45) is 5.11 Å². The van der Waals surface area contributed by atoms with Crippen LogP contribution in [-0.4, -0.2) is 29.9 Å². The van der Waals surface area contributed by atoms with Gasteiger partial charge in [0.25, 0.3) is 5.19 Å². The minimum absolute atomic E-state index is 0.00435. The molecule has 0 aliphatic heterocycles. The normalized spacial score (nSPS) is 13.4. The number of aromatic nitrogens is 1. The number of nitrogens with zero attached hydrogens (tertiary/aromatic N) is 4. The smallest absolute Gasteiger partial charge is 0.271 e. The van der Waals surface area contributed by atoms with Crippen molar-refractivity contribution in [1.82, 2.24) is 4.98 Å². The number of hydrogen-bond acceptors (Lipinski definition) is 5. The standard InChI is InChI=1S/C13H13FN4O2S/c1-20-12(10(6-14)17-18-15)9-4-2-8(3-5-9)11-7-16-13(19)21-11/h2-5,7,10,12H,6H2,1H3,(H,16,19)/t10-,12-/m1/s1. The number of ether oxygens (including phenoxy) is 1. The molecule has 6 nitrogen and oxygen atoms in total. The first-order valence-corrected chi connectivity index (χ1v) is 6.89. The van der Waals surface area contributed by atoms with Crippen molar-refractivity contribution in [3.8, 4) is 15.6 Å². The van der Waals surface area contributed by atoms with Gasteiger partial charge in [-0.05, 0) is 16.7 Å². The van der Waals surface area contributed by atoms with Crippen LogP contribution in [0.25, 0.3) is 20.9 Å². The molecule has 0 bridgehead atoms. The highest BCUT2D eigenvalue weighted by Gasteiger charge is 2.22. The minimum atomic E-state index is -0.904. The number of azide groups is 1. The molecule has 1 N–H and O–H groups in total. The molecule has 2 rings (SSSR count). The van der Waals surface area contributed by atoms with Gasteiger partial charge in [-0.3, -0.25) is 4.39 Å². The molecule has 0 saturated heterocycles. The number of hydrogen-bond donors (Lipinski definition) is 1. The summed E-state index contributed by atoms with van der Waals surface area (Å²) >= 11 is 1.17. The van der Waals surface area contributed by atoms with Gasteiger partial charge in [0, 0.05) is 18.2 Å². The Kier molecular flexibility index (Phi) is 5.10. The fourth-order valence-corrected chi connectivity index (χ4v) is 2.65. The maximum atomic E-state index is 12.9. The van der Waals surface area contributed by atoms with Crippen molar-refractivity contribution < 1.29 is 14.2 Å². The molecule has 0 aliphatic rings. The van der Waals surface area contributed by atoms with Gasteiger partial charge in [-0.2, -0.15) is 0 Å². The molecule has 0 amide bonds. The zero-order chi connectivity index (χ0) is 15.2. The topological polar surface area (TPSA) is 91.1 Å². The first-order chi connectivity index (χ1) is 10.2. The number of rotatable bonds is 6. The minimum Gasteiger partial charge on any atom is -0.486 e. The lowest BCUT2D eigenvalue weighted by Gasteiger charge is -2.20. The van der Waals surface area contributed by atoms with E-state index in [4.69, 9.17) is 10.3 Å². The van der Waals surface area contributed by atoms with Crippen LogP contribution in [-0.2, 0) is 4.74 Å². The maximum absolute atomic E-state index is 12.9. The van der Waals surface area contributed by atoms with Gasteiger partial charge in [-0.1, -0.05) is 40.7 Å². The molecular formula is C13H13FN4O2S. The van der Waals surface area contributed by atoms with Crippen LogP contribution in [0, 0.1) is 0 Å². The van der Waals surface area contributed by atoms with Crippen LogP contribution in [0.1, 0.15) is 11.7 Å². The third kappa shape index (κ3) is 3.49. The van der Waals surface area contributed by atoms with E-state index >= 15 is 0 Å². The van der Waals surface area contributed by atoms with Crippen LogP contribution in [0.2, 0.25) is 0 Å². The maximum Gasteiger partial charge on any atom is 0.271 e. The third-order valence-corrected chi connectivity index (χ3v) is 3.83. The summed E-state index contributed by atoms with van der Waals surface area (Å²) in [5, 5.41) is 12.7. The van der Waals surface area contributed by atoms with Crippen molar-refractivity contribution in [3.05, 3.63) is 46.5 Å². The Morgan fingerprint density at radius 3 is 2.67 bits per heavy atom. The van der Waals surface area contributed by atoms with E-state index in [2.05, 4.69) is 15.0 Å². The molecule has 21 heavy (non-hydrogen) atoms. The van der Waals surface area contributed by atoms with Crippen LogP contribution >= 0.6 is 11.3 Å². The first-order valence-electron chi connectivity index (χ1n) is 6.07. The first kappa shape index (κ1) is 15.2. The zero-order valence-electron chi connectivity index (χ0n) is 11.2. The Morgan fingerprint density at radius 2 is 2.19 bits per heavy atom. The molecule has 1 aromatic heterocycles. The summed E-state index contributed by atoms with van der Waals surface area (Å²) in [5.74, 6) is 0. The van der Waals surface area contributed by atoms with Gasteiger partial charge in [0.05, 0.1) is 17.0 Å². The molecule has 110 valence electrons. The van der Waals surface area contributed by atoms with E-state index in [0.29, 0.717) is 5.56 Å². The van der Waals surface area contributed by atoms with Crippen molar-refractivity contribution in [2.75, 3.05) is 13.8 Å². The summed E-state index contributed by atoms with van der Waals surface area (Å²) in [7, 11) is 1.44. The molecule has 2 aromatic rings. The van der Waals surface area contributed by atoms with E-state index in [9.17, 15) is 9.50 Å². The molecule has 1 aromatic carbocycles. The molecule has 2 atom stereocenters. The molecule has 0 radical (unpaired) electrons. The van der Waals surface area contributed by atoms with Crippen LogP contribution in [0.4, 0.5) is 4.39 Å². The Hall–Kier alpha value is -2.15. The SMILES string of the molecule is CO[C@H](c1ccc(-c2cnc(O)s2)cc1)[C@@H](CF)N=[N+]=[N-]. The summed E-state index contributed by atoms with van der Waals surface area (Å²) in [6.45, 7) is -0.799. The molecule has 1 heterocycles. The van der Waals surface area contributed by atoms with Crippen LogP contribution < -0.4 is 0 Å². The van der Waals surface area contributed by atoms with Gasteiger partial charge in [0.15, 0.2) is 0 Å². The Bertz CT molecular complexity index is 640. The summed E-state index contributed by atoms with van der Waals surface area (Å²) in [6.07, 6.45) is 0.933. The van der Waals surface area contributed by atoms with E-state index < -0.39 is 18.8 Å². The number of aromatic hydroxyl groups is 1. The van der Waals surface area contributed by atoms with E-state index in [1.54, 1.807) is 18.3 Å². The average Bonchev–Trinajstić information content (AvgIpc) is 2.94. The molecule has 8 heteroatoms. The lowest BCUT2D eigenvalue weighted by Crippen LogP contribution is -2.20. The highest BCUT2D eigenvalue weighted by molar-refractivity contribution is 7.16. The van der Waals surface area contributed by atoms with Gasteiger partial charge < -0.3 is 9.84 Å².